The second-order valence-corrected chi connectivity index (χ2v) is 10.4. The normalized spacial score (nSPS) is 13.5. The lowest BCUT2D eigenvalue weighted by Crippen LogP contribution is -2.49. The molecular weight excluding hydrogens is 513 g/mol. The lowest BCUT2D eigenvalue weighted by molar-refractivity contribution is -0.131. The first-order valence-corrected chi connectivity index (χ1v) is 14.1. The van der Waals surface area contributed by atoms with Gasteiger partial charge in [0.15, 0.2) is 5.16 Å². The fourth-order valence-electron chi connectivity index (χ4n) is 4.73. The highest BCUT2D eigenvalue weighted by Crippen LogP contribution is 2.26. The van der Waals surface area contributed by atoms with Gasteiger partial charge in [-0.3, -0.25) is 9.36 Å². The molecule has 1 amide bonds. The van der Waals surface area contributed by atoms with Gasteiger partial charge in [-0.05, 0) is 48.4 Å². The summed E-state index contributed by atoms with van der Waals surface area (Å²) in [6.45, 7) is 2.48. The van der Waals surface area contributed by atoms with E-state index < -0.39 is 0 Å². The summed E-state index contributed by atoms with van der Waals surface area (Å²) in [4.78, 5) is 16.8. The third-order valence-corrected chi connectivity index (χ3v) is 7.84. The van der Waals surface area contributed by atoms with Crippen LogP contribution >= 0.6 is 11.8 Å². The van der Waals surface area contributed by atoms with Gasteiger partial charge in [-0.2, -0.15) is 0 Å². The van der Waals surface area contributed by atoms with E-state index in [4.69, 9.17) is 4.74 Å². The highest BCUT2D eigenvalue weighted by atomic mass is 32.2. The van der Waals surface area contributed by atoms with Gasteiger partial charge in [0.1, 0.15) is 17.4 Å². The smallest absolute Gasteiger partial charge is 0.222 e. The number of aromatic nitrogens is 3. The number of piperazine rings is 1. The van der Waals surface area contributed by atoms with Crippen molar-refractivity contribution in [3.8, 4) is 11.4 Å². The molecule has 0 unspecified atom stereocenters. The molecule has 0 aliphatic carbocycles. The van der Waals surface area contributed by atoms with Gasteiger partial charge in [-0.15, -0.1) is 10.2 Å². The number of rotatable bonds is 10. The maximum atomic E-state index is 14.1. The molecule has 1 aliphatic rings. The van der Waals surface area contributed by atoms with Gasteiger partial charge in [-0.25, -0.2) is 4.39 Å². The van der Waals surface area contributed by atoms with Crippen molar-refractivity contribution in [1.82, 2.24) is 19.7 Å². The first kappa shape index (κ1) is 26.7. The summed E-state index contributed by atoms with van der Waals surface area (Å²) < 4.78 is 21.5. The van der Waals surface area contributed by atoms with Crippen molar-refractivity contribution in [1.29, 1.82) is 0 Å². The predicted molar refractivity (Wildman–Crippen MR) is 152 cm³/mol. The number of hydrogen-bond acceptors (Lipinski definition) is 6. The van der Waals surface area contributed by atoms with Crippen LogP contribution in [-0.2, 0) is 11.2 Å². The van der Waals surface area contributed by atoms with Crippen LogP contribution in [0.1, 0.15) is 24.2 Å². The molecule has 1 aliphatic heterocycles. The van der Waals surface area contributed by atoms with Gasteiger partial charge in [0, 0.05) is 50.5 Å². The maximum Gasteiger partial charge on any atom is 0.222 e. The molecule has 0 atom stereocenters. The van der Waals surface area contributed by atoms with E-state index in [-0.39, 0.29) is 11.7 Å². The molecule has 1 saturated heterocycles. The number of hydrogen-bond donors (Lipinski definition) is 0. The van der Waals surface area contributed by atoms with E-state index in [1.165, 1.54) is 6.07 Å². The van der Waals surface area contributed by atoms with Crippen molar-refractivity contribution in [2.45, 2.75) is 24.4 Å². The number of carbonyl (C=O) groups is 1. The van der Waals surface area contributed by atoms with Crippen LogP contribution in [0.5, 0.6) is 5.75 Å². The average molecular weight is 546 g/mol. The number of halogens is 1. The van der Waals surface area contributed by atoms with Crippen LogP contribution in [0.2, 0.25) is 0 Å². The zero-order valence-corrected chi connectivity index (χ0v) is 22.8. The van der Waals surface area contributed by atoms with E-state index in [2.05, 4.69) is 26.9 Å². The Labute approximate surface area is 232 Å². The van der Waals surface area contributed by atoms with Crippen molar-refractivity contribution in [3.05, 3.63) is 96.1 Å². The summed E-state index contributed by atoms with van der Waals surface area (Å²) in [7, 11) is 1.65. The second kappa shape index (κ2) is 12.8. The molecule has 7 nitrogen and oxygen atoms in total. The standard InChI is InChI=1S/C30H32FN5O2S/c1-38-25-15-13-24(14-16-25)36-28(22-23-8-3-2-4-9-23)32-33-30(36)39-21-7-12-29(37)35-19-17-34(18-20-35)27-11-6-5-10-26(27)31/h2-6,8-11,13-16H,7,12,17-22H2,1H3. The largest absolute Gasteiger partial charge is 0.497 e. The van der Waals surface area contributed by atoms with Crippen molar-refractivity contribution >= 4 is 23.4 Å². The summed E-state index contributed by atoms with van der Waals surface area (Å²) in [6.07, 6.45) is 1.87. The number of methoxy groups -OCH3 is 1. The zero-order valence-electron chi connectivity index (χ0n) is 22.0. The Morgan fingerprint density at radius 3 is 2.36 bits per heavy atom. The summed E-state index contributed by atoms with van der Waals surface area (Å²) in [6, 6.07) is 24.9. The molecule has 1 aromatic heterocycles. The number of nitrogens with zero attached hydrogens (tertiary/aromatic N) is 5. The van der Waals surface area contributed by atoms with Crippen molar-refractivity contribution in [2.24, 2.45) is 0 Å². The van der Waals surface area contributed by atoms with Gasteiger partial charge in [-0.1, -0.05) is 54.2 Å². The van der Waals surface area contributed by atoms with Crippen molar-refractivity contribution in [3.63, 3.8) is 0 Å². The summed E-state index contributed by atoms with van der Waals surface area (Å²) >= 11 is 1.61. The van der Waals surface area contributed by atoms with E-state index in [9.17, 15) is 9.18 Å². The lowest BCUT2D eigenvalue weighted by atomic mass is 10.1. The first-order chi connectivity index (χ1) is 19.1. The third-order valence-electron chi connectivity index (χ3n) is 6.83. The van der Waals surface area contributed by atoms with Crippen LogP contribution < -0.4 is 9.64 Å². The Morgan fingerprint density at radius 2 is 1.64 bits per heavy atom. The van der Waals surface area contributed by atoms with Gasteiger partial charge in [0.25, 0.3) is 0 Å². The molecule has 0 spiro atoms. The SMILES string of the molecule is COc1ccc(-n2c(Cc3ccccc3)nnc2SCCCC(=O)N2CCN(c3ccccc3F)CC2)cc1. The molecule has 1 fully saturated rings. The van der Waals surface area contributed by atoms with Gasteiger partial charge >= 0.3 is 0 Å². The van der Waals surface area contributed by atoms with Crippen LogP contribution in [0.4, 0.5) is 10.1 Å². The van der Waals surface area contributed by atoms with Crippen LogP contribution in [0.3, 0.4) is 0 Å². The molecule has 5 rings (SSSR count). The highest BCUT2D eigenvalue weighted by Gasteiger charge is 2.22. The Hall–Kier alpha value is -3.85. The highest BCUT2D eigenvalue weighted by molar-refractivity contribution is 7.99. The Balaban J connectivity index is 1.17. The zero-order chi connectivity index (χ0) is 27.0. The molecule has 9 heteroatoms. The topological polar surface area (TPSA) is 63.5 Å². The fraction of sp³-hybridized carbons (Fsp3) is 0.300. The lowest BCUT2D eigenvalue weighted by Gasteiger charge is -2.36. The molecule has 0 radical (unpaired) electrons. The van der Waals surface area contributed by atoms with Crippen LogP contribution in [0.15, 0.2) is 84.0 Å². The Bertz CT molecular complexity index is 1370. The maximum absolute atomic E-state index is 14.1. The average Bonchev–Trinajstić information content (AvgIpc) is 3.38. The summed E-state index contributed by atoms with van der Waals surface area (Å²) in [5, 5.41) is 9.81. The van der Waals surface area contributed by atoms with Gasteiger partial charge in [0.2, 0.25) is 5.91 Å². The number of benzene rings is 3. The van der Waals surface area contributed by atoms with E-state index in [0.29, 0.717) is 44.7 Å². The molecule has 39 heavy (non-hydrogen) atoms. The molecule has 2 heterocycles. The Kier molecular flexibility index (Phi) is 8.78. The monoisotopic (exact) mass is 545 g/mol. The molecule has 0 bridgehead atoms. The third kappa shape index (κ3) is 6.60. The summed E-state index contributed by atoms with van der Waals surface area (Å²) in [5.74, 6) is 2.33. The number of para-hydroxylation sites is 1. The van der Waals surface area contributed by atoms with Crippen LogP contribution in [-0.4, -0.2) is 64.6 Å². The molecule has 3 aromatic carbocycles. The van der Waals surface area contributed by atoms with E-state index in [1.54, 1.807) is 31.0 Å². The molecule has 202 valence electrons. The molecule has 4 aromatic rings. The molecular formula is C30H32FN5O2S. The number of ether oxygens (including phenoxy) is 1. The fourth-order valence-corrected chi connectivity index (χ4v) is 5.64. The van der Waals surface area contributed by atoms with Crippen molar-refractivity contribution < 1.29 is 13.9 Å². The van der Waals surface area contributed by atoms with Crippen molar-refractivity contribution in [2.75, 3.05) is 43.9 Å². The number of anilines is 1. The number of thioether (sulfide) groups is 1. The minimum Gasteiger partial charge on any atom is -0.497 e. The summed E-state index contributed by atoms with van der Waals surface area (Å²) in [5.41, 5.74) is 2.74. The van der Waals surface area contributed by atoms with E-state index in [0.717, 1.165) is 40.2 Å². The number of carbonyl (C=O) groups excluding carboxylic acids is 1. The number of amides is 1. The predicted octanol–water partition coefficient (Wildman–Crippen LogP) is 5.23. The minimum atomic E-state index is -0.219. The van der Waals surface area contributed by atoms with E-state index in [1.807, 2.05) is 58.3 Å². The Morgan fingerprint density at radius 1 is 0.923 bits per heavy atom. The van der Waals surface area contributed by atoms with E-state index >= 15 is 0 Å². The quantitative estimate of drug-likeness (QED) is 0.201. The van der Waals surface area contributed by atoms with Gasteiger partial charge < -0.3 is 14.5 Å². The van der Waals surface area contributed by atoms with Gasteiger partial charge in [0.05, 0.1) is 12.8 Å². The van der Waals surface area contributed by atoms with Crippen LogP contribution in [0.25, 0.3) is 5.69 Å². The molecule has 0 saturated carbocycles. The first-order valence-electron chi connectivity index (χ1n) is 13.1. The molecule has 0 N–H and O–H groups in total. The second-order valence-electron chi connectivity index (χ2n) is 9.37. The van der Waals surface area contributed by atoms with Crippen LogP contribution in [0, 0.1) is 5.82 Å². The minimum absolute atomic E-state index is 0.144.